The van der Waals surface area contributed by atoms with Crippen molar-refractivity contribution in [3.05, 3.63) is 35.4 Å². The highest BCUT2D eigenvalue weighted by molar-refractivity contribution is 5.88. The van der Waals surface area contributed by atoms with Crippen LogP contribution in [0.15, 0.2) is 24.3 Å². The molecule has 2 N–H and O–H groups in total. The first kappa shape index (κ1) is 14.5. The molecule has 20 heavy (non-hydrogen) atoms. The maximum absolute atomic E-state index is 12.4. The molecule has 1 aromatic carbocycles. The minimum absolute atomic E-state index is 0.0352. The second-order valence-electron chi connectivity index (χ2n) is 5.32. The van der Waals surface area contributed by atoms with Gasteiger partial charge >= 0.3 is 0 Å². The Bertz CT molecular complexity index is 498. The zero-order valence-electron chi connectivity index (χ0n) is 12.0. The van der Waals surface area contributed by atoms with Crippen LogP contribution in [0.2, 0.25) is 0 Å². The molecular weight excluding hydrogens is 254 g/mol. The first-order valence-corrected chi connectivity index (χ1v) is 6.84. The molecular formula is C15H21N3O2. The van der Waals surface area contributed by atoms with Crippen LogP contribution in [0.25, 0.3) is 0 Å². The van der Waals surface area contributed by atoms with E-state index in [1.807, 2.05) is 31.2 Å². The van der Waals surface area contributed by atoms with Gasteiger partial charge < -0.3 is 15.5 Å². The SMILES string of the molecule is Cc1ccc(C(N)C(=O)N2CCCN(C)C(=O)C2)cc1. The number of carbonyl (C=O) groups excluding carboxylic acids is 2. The highest BCUT2D eigenvalue weighted by Crippen LogP contribution is 2.15. The number of nitrogens with two attached hydrogens (primary N) is 1. The van der Waals surface area contributed by atoms with Crippen molar-refractivity contribution in [1.29, 1.82) is 0 Å². The summed E-state index contributed by atoms with van der Waals surface area (Å²) >= 11 is 0. The molecule has 0 aromatic heterocycles. The van der Waals surface area contributed by atoms with Crippen molar-refractivity contribution in [1.82, 2.24) is 9.80 Å². The molecule has 5 heteroatoms. The first-order chi connectivity index (χ1) is 9.49. The van der Waals surface area contributed by atoms with Crippen molar-refractivity contribution >= 4 is 11.8 Å². The predicted octanol–water partition coefficient (Wildman–Crippen LogP) is 0.686. The number of hydrogen-bond donors (Lipinski definition) is 1. The second-order valence-corrected chi connectivity index (χ2v) is 5.32. The molecule has 0 spiro atoms. The number of hydrogen-bond acceptors (Lipinski definition) is 3. The van der Waals surface area contributed by atoms with Gasteiger partial charge in [0.15, 0.2) is 0 Å². The lowest BCUT2D eigenvalue weighted by Gasteiger charge is -2.23. The predicted molar refractivity (Wildman–Crippen MR) is 76.9 cm³/mol. The molecule has 1 unspecified atom stereocenters. The number of aryl methyl sites for hydroxylation is 1. The van der Waals surface area contributed by atoms with E-state index in [9.17, 15) is 9.59 Å². The summed E-state index contributed by atoms with van der Waals surface area (Å²) in [7, 11) is 1.76. The minimum atomic E-state index is -0.702. The molecule has 1 aliphatic rings. The molecule has 1 saturated heterocycles. The molecule has 0 radical (unpaired) electrons. The fourth-order valence-electron chi connectivity index (χ4n) is 2.29. The summed E-state index contributed by atoms with van der Waals surface area (Å²) in [5.41, 5.74) is 7.94. The van der Waals surface area contributed by atoms with E-state index in [4.69, 9.17) is 5.73 Å². The molecule has 5 nitrogen and oxygen atoms in total. The average Bonchev–Trinajstić information content (AvgIpc) is 2.60. The van der Waals surface area contributed by atoms with Gasteiger partial charge in [0, 0.05) is 20.1 Å². The standard InChI is InChI=1S/C15H21N3O2/c1-11-4-6-12(7-5-11)14(16)15(20)18-9-3-8-17(2)13(19)10-18/h4-7,14H,3,8-10,16H2,1-2H3. The lowest BCUT2D eigenvalue weighted by molar-refractivity contribution is -0.139. The van der Waals surface area contributed by atoms with Crippen LogP contribution >= 0.6 is 0 Å². The summed E-state index contributed by atoms with van der Waals surface area (Å²) in [5.74, 6) is -0.218. The van der Waals surface area contributed by atoms with Gasteiger partial charge in [0.2, 0.25) is 11.8 Å². The van der Waals surface area contributed by atoms with Crippen molar-refractivity contribution in [3.63, 3.8) is 0 Å². The van der Waals surface area contributed by atoms with Crippen LogP contribution in [0, 0.1) is 6.92 Å². The zero-order valence-corrected chi connectivity index (χ0v) is 12.0. The summed E-state index contributed by atoms with van der Waals surface area (Å²) in [6, 6.07) is 6.90. The fraction of sp³-hybridized carbons (Fsp3) is 0.467. The zero-order chi connectivity index (χ0) is 14.7. The Kier molecular flexibility index (Phi) is 4.39. The molecule has 2 amide bonds. The van der Waals surface area contributed by atoms with E-state index in [0.29, 0.717) is 13.1 Å². The molecule has 1 heterocycles. The molecule has 0 saturated carbocycles. The Morgan fingerprint density at radius 2 is 1.90 bits per heavy atom. The number of amides is 2. The van der Waals surface area contributed by atoms with Crippen molar-refractivity contribution in [2.45, 2.75) is 19.4 Å². The molecule has 108 valence electrons. The molecule has 1 aromatic rings. The first-order valence-electron chi connectivity index (χ1n) is 6.84. The number of likely N-dealkylation sites (N-methyl/N-ethyl adjacent to an activating group) is 1. The number of benzene rings is 1. The van der Waals surface area contributed by atoms with Crippen molar-refractivity contribution in [2.75, 3.05) is 26.7 Å². The van der Waals surface area contributed by atoms with Gasteiger partial charge in [0.05, 0.1) is 6.54 Å². The molecule has 1 atom stereocenters. The Morgan fingerprint density at radius 1 is 1.25 bits per heavy atom. The Hall–Kier alpha value is -1.88. The molecule has 0 aliphatic carbocycles. The van der Waals surface area contributed by atoms with Crippen LogP contribution < -0.4 is 5.73 Å². The molecule has 2 rings (SSSR count). The maximum atomic E-state index is 12.4. The van der Waals surface area contributed by atoms with Crippen LogP contribution in [0.5, 0.6) is 0 Å². The highest BCUT2D eigenvalue weighted by Gasteiger charge is 2.27. The van der Waals surface area contributed by atoms with E-state index in [0.717, 1.165) is 17.5 Å². The molecule has 0 bridgehead atoms. The molecule has 1 aliphatic heterocycles. The smallest absolute Gasteiger partial charge is 0.244 e. The van der Waals surface area contributed by atoms with Crippen molar-refractivity contribution in [2.24, 2.45) is 5.73 Å². The summed E-state index contributed by atoms with van der Waals surface area (Å²) in [6.07, 6.45) is 0.786. The van der Waals surface area contributed by atoms with E-state index >= 15 is 0 Å². The van der Waals surface area contributed by atoms with Gasteiger partial charge in [0.1, 0.15) is 6.04 Å². The van der Waals surface area contributed by atoms with E-state index in [1.54, 1.807) is 16.8 Å². The normalized spacial score (nSPS) is 17.9. The largest absolute Gasteiger partial charge is 0.344 e. The number of rotatable bonds is 2. The van der Waals surface area contributed by atoms with Crippen molar-refractivity contribution < 1.29 is 9.59 Å². The Morgan fingerprint density at radius 3 is 2.55 bits per heavy atom. The van der Waals surface area contributed by atoms with Crippen molar-refractivity contribution in [3.8, 4) is 0 Å². The van der Waals surface area contributed by atoms with E-state index in [1.165, 1.54) is 0 Å². The fourth-order valence-corrected chi connectivity index (χ4v) is 2.29. The third-order valence-corrected chi connectivity index (χ3v) is 3.69. The second kappa shape index (κ2) is 6.05. The van der Waals surface area contributed by atoms with Gasteiger partial charge in [-0.1, -0.05) is 29.8 Å². The van der Waals surface area contributed by atoms with Gasteiger partial charge in [-0.2, -0.15) is 0 Å². The Labute approximate surface area is 119 Å². The van der Waals surface area contributed by atoms with Crippen LogP contribution in [0.1, 0.15) is 23.6 Å². The third-order valence-electron chi connectivity index (χ3n) is 3.69. The van der Waals surface area contributed by atoms with Crippen LogP contribution in [0.3, 0.4) is 0 Å². The summed E-state index contributed by atoms with van der Waals surface area (Å²) in [4.78, 5) is 27.5. The quantitative estimate of drug-likeness (QED) is 0.863. The highest BCUT2D eigenvalue weighted by atomic mass is 16.2. The Balaban J connectivity index is 2.09. The van der Waals surface area contributed by atoms with Gasteiger partial charge in [-0.25, -0.2) is 0 Å². The monoisotopic (exact) mass is 275 g/mol. The summed E-state index contributed by atoms with van der Waals surface area (Å²) < 4.78 is 0. The lowest BCUT2D eigenvalue weighted by atomic mass is 10.0. The number of nitrogens with zero attached hydrogens (tertiary/aromatic N) is 2. The van der Waals surface area contributed by atoms with Gasteiger partial charge in [0.25, 0.3) is 0 Å². The van der Waals surface area contributed by atoms with Gasteiger partial charge in [-0.15, -0.1) is 0 Å². The third kappa shape index (κ3) is 3.17. The number of carbonyl (C=O) groups is 2. The summed E-state index contributed by atoms with van der Waals surface area (Å²) in [6.45, 7) is 3.37. The average molecular weight is 275 g/mol. The van der Waals surface area contributed by atoms with Crippen LogP contribution in [0.4, 0.5) is 0 Å². The van der Waals surface area contributed by atoms with Crippen LogP contribution in [-0.2, 0) is 9.59 Å². The van der Waals surface area contributed by atoms with Gasteiger partial charge in [-0.3, -0.25) is 9.59 Å². The summed E-state index contributed by atoms with van der Waals surface area (Å²) in [5, 5.41) is 0. The van der Waals surface area contributed by atoms with E-state index in [-0.39, 0.29) is 18.4 Å². The van der Waals surface area contributed by atoms with Crippen LogP contribution in [-0.4, -0.2) is 48.3 Å². The maximum Gasteiger partial charge on any atom is 0.244 e. The lowest BCUT2D eigenvalue weighted by Crippen LogP contribution is -2.42. The minimum Gasteiger partial charge on any atom is -0.344 e. The topological polar surface area (TPSA) is 66.6 Å². The van der Waals surface area contributed by atoms with E-state index in [2.05, 4.69) is 0 Å². The van der Waals surface area contributed by atoms with E-state index < -0.39 is 6.04 Å². The molecule has 1 fully saturated rings. The van der Waals surface area contributed by atoms with Gasteiger partial charge in [-0.05, 0) is 18.9 Å².